The molecule has 112 valence electrons. The molecule has 5 heteroatoms. The molecule has 5 atom stereocenters. The first-order valence-corrected chi connectivity index (χ1v) is 7.16. The molecule has 2 aliphatic carbocycles. The maximum atomic E-state index is 11.9. The molecule has 4 nitrogen and oxygen atoms in total. The first-order valence-electron chi connectivity index (χ1n) is 7.16. The summed E-state index contributed by atoms with van der Waals surface area (Å²) in [5.74, 6) is 2.53. The van der Waals surface area contributed by atoms with Crippen LogP contribution in [-0.4, -0.2) is 31.7 Å². The summed E-state index contributed by atoms with van der Waals surface area (Å²) in [7, 11) is 1.60. The minimum Gasteiger partial charge on any atom is -0.380 e. The lowest BCUT2D eigenvalue weighted by molar-refractivity contribution is -0.124. The lowest BCUT2D eigenvalue weighted by atomic mass is 9.84. The maximum absolute atomic E-state index is 11.9. The van der Waals surface area contributed by atoms with Crippen LogP contribution in [0.15, 0.2) is 0 Å². The molecule has 2 aliphatic rings. The van der Waals surface area contributed by atoms with Gasteiger partial charge in [-0.1, -0.05) is 6.42 Å². The van der Waals surface area contributed by atoms with Gasteiger partial charge in [-0.2, -0.15) is 0 Å². The number of nitrogens with one attached hydrogen (secondary N) is 1. The zero-order valence-electron chi connectivity index (χ0n) is 11.9. The van der Waals surface area contributed by atoms with Crippen LogP contribution in [0.25, 0.3) is 0 Å². The SMILES string of the molecule is COC(CN)CC(=O)NC(C)C1CC2CCC1C2.Cl. The van der Waals surface area contributed by atoms with Gasteiger partial charge >= 0.3 is 0 Å². The van der Waals surface area contributed by atoms with E-state index in [9.17, 15) is 4.79 Å². The summed E-state index contributed by atoms with van der Waals surface area (Å²) < 4.78 is 5.14. The molecule has 2 rings (SSSR count). The normalized spacial score (nSPS) is 31.6. The van der Waals surface area contributed by atoms with Crippen LogP contribution >= 0.6 is 12.4 Å². The van der Waals surface area contributed by atoms with Gasteiger partial charge in [-0.25, -0.2) is 0 Å². The Bertz CT molecular complexity index is 297. The first kappa shape index (κ1) is 16.7. The Morgan fingerprint density at radius 2 is 2.16 bits per heavy atom. The second-order valence-corrected chi connectivity index (χ2v) is 5.99. The Morgan fingerprint density at radius 3 is 2.63 bits per heavy atom. The molecule has 5 unspecified atom stereocenters. The number of nitrogens with two attached hydrogens (primary N) is 1. The largest absolute Gasteiger partial charge is 0.380 e. The third-order valence-corrected chi connectivity index (χ3v) is 4.83. The Labute approximate surface area is 122 Å². The van der Waals surface area contributed by atoms with E-state index < -0.39 is 0 Å². The molecule has 3 N–H and O–H groups in total. The van der Waals surface area contributed by atoms with Gasteiger partial charge in [-0.15, -0.1) is 12.4 Å². The van der Waals surface area contributed by atoms with Gasteiger partial charge in [0.1, 0.15) is 0 Å². The molecule has 0 heterocycles. The number of hydrogen-bond acceptors (Lipinski definition) is 3. The molecule has 2 fully saturated rings. The molecule has 0 saturated heterocycles. The van der Waals surface area contributed by atoms with Crippen LogP contribution in [0.4, 0.5) is 0 Å². The van der Waals surface area contributed by atoms with Crippen LogP contribution in [-0.2, 0) is 9.53 Å². The van der Waals surface area contributed by atoms with Crippen molar-refractivity contribution in [3.8, 4) is 0 Å². The Morgan fingerprint density at radius 1 is 1.42 bits per heavy atom. The van der Waals surface area contributed by atoms with Crippen molar-refractivity contribution in [3.05, 3.63) is 0 Å². The number of methoxy groups -OCH3 is 1. The van der Waals surface area contributed by atoms with Gasteiger partial charge in [-0.05, 0) is 43.9 Å². The monoisotopic (exact) mass is 290 g/mol. The molecule has 19 heavy (non-hydrogen) atoms. The van der Waals surface area contributed by atoms with Crippen molar-refractivity contribution in [2.45, 2.75) is 51.2 Å². The number of halogens is 1. The number of rotatable bonds is 6. The number of carbonyl (C=O) groups is 1. The zero-order chi connectivity index (χ0) is 13.1. The van der Waals surface area contributed by atoms with E-state index >= 15 is 0 Å². The van der Waals surface area contributed by atoms with Crippen LogP contribution < -0.4 is 11.1 Å². The second-order valence-electron chi connectivity index (χ2n) is 5.99. The summed E-state index contributed by atoms with van der Waals surface area (Å²) in [4.78, 5) is 11.9. The van der Waals surface area contributed by atoms with Crippen LogP contribution in [0, 0.1) is 17.8 Å². The van der Waals surface area contributed by atoms with Gasteiger partial charge in [0.15, 0.2) is 0 Å². The van der Waals surface area contributed by atoms with Gasteiger partial charge in [0.25, 0.3) is 0 Å². The summed E-state index contributed by atoms with van der Waals surface area (Å²) in [5.41, 5.74) is 5.53. The van der Waals surface area contributed by atoms with Gasteiger partial charge in [0.05, 0.1) is 12.5 Å². The minimum atomic E-state index is -0.155. The Hall–Kier alpha value is -0.320. The van der Waals surface area contributed by atoms with Crippen molar-refractivity contribution in [2.75, 3.05) is 13.7 Å². The molecule has 0 radical (unpaired) electrons. The summed E-state index contributed by atoms with van der Waals surface area (Å²) in [6.45, 7) is 2.54. The van der Waals surface area contributed by atoms with Crippen molar-refractivity contribution in [3.63, 3.8) is 0 Å². The average molecular weight is 291 g/mol. The highest BCUT2D eigenvalue weighted by molar-refractivity contribution is 5.85. The Kier molecular flexibility index (Phi) is 6.57. The molecular weight excluding hydrogens is 264 g/mol. The van der Waals surface area contributed by atoms with Gasteiger partial charge in [-0.3, -0.25) is 4.79 Å². The number of ether oxygens (including phenoxy) is 1. The van der Waals surface area contributed by atoms with Crippen LogP contribution in [0.1, 0.15) is 39.0 Å². The van der Waals surface area contributed by atoms with Gasteiger partial charge in [0.2, 0.25) is 5.91 Å². The molecule has 2 bridgehead atoms. The van der Waals surface area contributed by atoms with Crippen molar-refractivity contribution in [1.82, 2.24) is 5.32 Å². The Balaban J connectivity index is 0.00000180. The van der Waals surface area contributed by atoms with E-state index in [2.05, 4.69) is 12.2 Å². The smallest absolute Gasteiger partial charge is 0.222 e. The molecule has 0 aromatic carbocycles. The molecular formula is C14H27ClN2O2. The van der Waals surface area contributed by atoms with Crippen molar-refractivity contribution < 1.29 is 9.53 Å². The predicted octanol–water partition coefficient (Wildman–Crippen LogP) is 1.71. The fourth-order valence-electron chi connectivity index (χ4n) is 3.80. The number of carbonyl (C=O) groups excluding carboxylic acids is 1. The van der Waals surface area contributed by atoms with E-state index in [1.807, 2.05) is 0 Å². The fourth-order valence-corrected chi connectivity index (χ4v) is 3.80. The molecule has 0 spiro atoms. The second kappa shape index (κ2) is 7.46. The average Bonchev–Trinajstić information content (AvgIpc) is 2.97. The van der Waals surface area contributed by atoms with Gasteiger partial charge in [0, 0.05) is 19.7 Å². The van der Waals surface area contributed by atoms with E-state index in [1.54, 1.807) is 7.11 Å². The maximum Gasteiger partial charge on any atom is 0.222 e. The van der Waals surface area contributed by atoms with E-state index in [0.29, 0.717) is 24.9 Å². The van der Waals surface area contributed by atoms with Gasteiger partial charge < -0.3 is 15.8 Å². The third kappa shape index (κ3) is 4.07. The van der Waals surface area contributed by atoms with Crippen molar-refractivity contribution in [2.24, 2.45) is 23.5 Å². The van der Waals surface area contributed by atoms with E-state index in [4.69, 9.17) is 10.5 Å². The molecule has 2 saturated carbocycles. The molecule has 0 aromatic rings. The molecule has 0 aromatic heterocycles. The lowest BCUT2D eigenvalue weighted by Crippen LogP contribution is -2.42. The minimum absolute atomic E-state index is 0. The van der Waals surface area contributed by atoms with E-state index in [-0.39, 0.29) is 24.4 Å². The van der Waals surface area contributed by atoms with Crippen LogP contribution in [0.5, 0.6) is 0 Å². The third-order valence-electron chi connectivity index (χ3n) is 4.83. The fraction of sp³-hybridized carbons (Fsp3) is 0.929. The summed E-state index contributed by atoms with van der Waals surface area (Å²) in [6.07, 6.45) is 5.67. The van der Waals surface area contributed by atoms with Crippen molar-refractivity contribution >= 4 is 18.3 Å². The van der Waals surface area contributed by atoms with Crippen LogP contribution in [0.3, 0.4) is 0 Å². The molecule has 1 amide bonds. The highest BCUT2D eigenvalue weighted by atomic mass is 35.5. The highest BCUT2D eigenvalue weighted by Gasteiger charge is 2.42. The van der Waals surface area contributed by atoms with E-state index in [1.165, 1.54) is 25.7 Å². The first-order chi connectivity index (χ1) is 8.63. The number of fused-ring (bicyclic) bond motifs is 2. The van der Waals surface area contributed by atoms with Crippen molar-refractivity contribution in [1.29, 1.82) is 0 Å². The summed E-state index contributed by atoms with van der Waals surface area (Å²) in [6, 6.07) is 0.295. The van der Waals surface area contributed by atoms with E-state index in [0.717, 1.165) is 11.8 Å². The highest BCUT2D eigenvalue weighted by Crippen LogP contribution is 2.49. The molecule has 0 aliphatic heterocycles. The quantitative estimate of drug-likeness (QED) is 0.783. The zero-order valence-corrected chi connectivity index (χ0v) is 12.7. The predicted molar refractivity (Wildman–Crippen MR) is 78.3 cm³/mol. The lowest BCUT2D eigenvalue weighted by Gasteiger charge is -2.29. The summed E-state index contributed by atoms with van der Waals surface area (Å²) >= 11 is 0. The number of hydrogen-bond donors (Lipinski definition) is 2. The van der Waals surface area contributed by atoms with Crippen LogP contribution in [0.2, 0.25) is 0 Å². The summed E-state index contributed by atoms with van der Waals surface area (Å²) in [5, 5.41) is 3.13. The topological polar surface area (TPSA) is 64.3 Å². The standard InChI is InChI=1S/C14H26N2O2.ClH/c1-9(13-6-10-3-4-11(13)5-10)16-14(17)7-12(8-15)18-2;/h9-13H,3-8,15H2,1-2H3,(H,16,17);1H. The number of amides is 1.